The van der Waals surface area contributed by atoms with Crippen molar-refractivity contribution < 1.29 is 0 Å². The third-order valence-corrected chi connectivity index (χ3v) is 6.12. The van der Waals surface area contributed by atoms with Crippen molar-refractivity contribution in [3.8, 4) is 0 Å². The zero-order valence-electron chi connectivity index (χ0n) is 11.2. The van der Waals surface area contributed by atoms with Gasteiger partial charge in [0, 0.05) is 4.88 Å². The standard InChI is InChI=1S/C14H23ClN2S/c1-3-10-4-6-11(7-5-10)13(17-16)14-12(15)9(2)8-18-14/h8,10-11,13,17H,3-7,16H2,1-2H3. The van der Waals surface area contributed by atoms with Gasteiger partial charge in [-0.1, -0.05) is 37.8 Å². The fourth-order valence-corrected chi connectivity index (χ4v) is 4.48. The van der Waals surface area contributed by atoms with E-state index in [1.165, 1.54) is 42.5 Å². The van der Waals surface area contributed by atoms with E-state index in [4.69, 9.17) is 17.4 Å². The van der Waals surface area contributed by atoms with E-state index in [9.17, 15) is 0 Å². The molecule has 0 radical (unpaired) electrons. The largest absolute Gasteiger partial charge is 0.271 e. The second kappa shape index (κ2) is 6.38. The highest BCUT2D eigenvalue weighted by Gasteiger charge is 2.29. The third kappa shape index (κ3) is 2.90. The molecule has 1 aromatic heterocycles. The summed E-state index contributed by atoms with van der Waals surface area (Å²) in [6, 6.07) is 0.231. The van der Waals surface area contributed by atoms with Crippen LogP contribution in [0, 0.1) is 18.8 Å². The minimum atomic E-state index is 0.231. The number of thiophene rings is 1. The summed E-state index contributed by atoms with van der Waals surface area (Å²) in [5.41, 5.74) is 4.17. The molecule has 0 aromatic carbocycles. The molecule has 3 N–H and O–H groups in total. The van der Waals surface area contributed by atoms with Crippen LogP contribution in [0.5, 0.6) is 0 Å². The molecule has 1 aromatic rings. The van der Waals surface area contributed by atoms with Crippen LogP contribution in [0.2, 0.25) is 5.02 Å². The van der Waals surface area contributed by atoms with Crippen molar-refractivity contribution >= 4 is 22.9 Å². The normalized spacial score (nSPS) is 26.2. The molecule has 18 heavy (non-hydrogen) atoms. The Morgan fingerprint density at radius 3 is 2.56 bits per heavy atom. The van der Waals surface area contributed by atoms with Gasteiger partial charge >= 0.3 is 0 Å². The molecule has 1 aliphatic rings. The highest BCUT2D eigenvalue weighted by atomic mass is 35.5. The lowest BCUT2D eigenvalue weighted by Crippen LogP contribution is -2.35. The van der Waals surface area contributed by atoms with Gasteiger partial charge in [0.25, 0.3) is 0 Å². The van der Waals surface area contributed by atoms with Crippen LogP contribution in [0.3, 0.4) is 0 Å². The zero-order chi connectivity index (χ0) is 13.1. The molecule has 102 valence electrons. The predicted octanol–water partition coefficient (Wildman–Crippen LogP) is 4.43. The number of nitrogens with one attached hydrogen (secondary N) is 1. The average Bonchev–Trinajstić information content (AvgIpc) is 2.73. The molecule has 2 rings (SSSR count). The van der Waals surface area contributed by atoms with E-state index < -0.39 is 0 Å². The Kier molecular flexibility index (Phi) is 5.07. The summed E-state index contributed by atoms with van der Waals surface area (Å²) in [5, 5.41) is 3.03. The minimum absolute atomic E-state index is 0.231. The summed E-state index contributed by atoms with van der Waals surface area (Å²) >= 11 is 8.11. The van der Waals surface area contributed by atoms with E-state index in [1.807, 2.05) is 0 Å². The average molecular weight is 287 g/mol. The van der Waals surface area contributed by atoms with Crippen LogP contribution in [0.1, 0.15) is 55.5 Å². The molecule has 4 heteroatoms. The Labute approximate surface area is 119 Å². The first-order valence-corrected chi connectivity index (χ1v) is 8.12. The monoisotopic (exact) mass is 286 g/mol. The minimum Gasteiger partial charge on any atom is -0.271 e. The van der Waals surface area contributed by atoms with Crippen molar-refractivity contribution in [3.05, 3.63) is 20.8 Å². The lowest BCUT2D eigenvalue weighted by molar-refractivity contribution is 0.221. The second-order valence-corrected chi connectivity index (χ2v) is 6.72. The molecule has 0 amide bonds. The molecule has 1 fully saturated rings. The SMILES string of the molecule is CCC1CCC(C(NN)c2scc(C)c2Cl)CC1. The molecule has 0 bridgehead atoms. The van der Waals surface area contributed by atoms with Gasteiger partial charge in [-0.3, -0.25) is 11.3 Å². The predicted molar refractivity (Wildman–Crippen MR) is 79.9 cm³/mol. The van der Waals surface area contributed by atoms with Crippen molar-refractivity contribution in [1.82, 2.24) is 5.43 Å². The topological polar surface area (TPSA) is 38.0 Å². The summed E-state index contributed by atoms with van der Waals surface area (Å²) in [6.07, 6.45) is 6.51. The Balaban J connectivity index is 2.08. The van der Waals surface area contributed by atoms with Crippen LogP contribution < -0.4 is 11.3 Å². The van der Waals surface area contributed by atoms with Crippen LogP contribution in [-0.2, 0) is 0 Å². The summed E-state index contributed by atoms with van der Waals surface area (Å²) in [7, 11) is 0. The van der Waals surface area contributed by atoms with E-state index in [0.717, 1.165) is 10.9 Å². The van der Waals surface area contributed by atoms with Crippen LogP contribution >= 0.6 is 22.9 Å². The van der Waals surface area contributed by atoms with E-state index in [2.05, 4.69) is 24.7 Å². The maximum atomic E-state index is 6.37. The number of aryl methyl sites for hydroxylation is 1. The molecule has 1 aliphatic carbocycles. The van der Waals surface area contributed by atoms with Crippen molar-refractivity contribution in [3.63, 3.8) is 0 Å². The van der Waals surface area contributed by atoms with E-state index >= 15 is 0 Å². The molecule has 1 atom stereocenters. The highest BCUT2D eigenvalue weighted by Crippen LogP contribution is 2.42. The quantitative estimate of drug-likeness (QED) is 0.635. The van der Waals surface area contributed by atoms with Crippen molar-refractivity contribution in [2.75, 3.05) is 0 Å². The number of hydrogen-bond donors (Lipinski definition) is 2. The van der Waals surface area contributed by atoms with Crippen LogP contribution in [0.4, 0.5) is 0 Å². The summed E-state index contributed by atoms with van der Waals surface area (Å²) in [4.78, 5) is 1.22. The Morgan fingerprint density at radius 2 is 2.11 bits per heavy atom. The smallest absolute Gasteiger partial charge is 0.0596 e. The molecule has 2 nitrogen and oxygen atoms in total. The molecule has 0 aliphatic heterocycles. The summed E-state index contributed by atoms with van der Waals surface area (Å²) in [5.74, 6) is 7.33. The van der Waals surface area contributed by atoms with Gasteiger partial charge in [-0.05, 0) is 42.5 Å². The lowest BCUT2D eigenvalue weighted by Gasteiger charge is -2.33. The highest BCUT2D eigenvalue weighted by molar-refractivity contribution is 7.10. The first-order valence-electron chi connectivity index (χ1n) is 6.87. The molecule has 0 spiro atoms. The van der Waals surface area contributed by atoms with Gasteiger partial charge in [0.15, 0.2) is 0 Å². The van der Waals surface area contributed by atoms with Gasteiger partial charge in [-0.2, -0.15) is 0 Å². The van der Waals surface area contributed by atoms with Gasteiger partial charge in [-0.15, -0.1) is 11.3 Å². The van der Waals surface area contributed by atoms with Gasteiger partial charge in [0.2, 0.25) is 0 Å². The van der Waals surface area contributed by atoms with Gasteiger partial charge in [0.05, 0.1) is 11.1 Å². The number of halogens is 1. The number of hydrogen-bond acceptors (Lipinski definition) is 3. The second-order valence-electron chi connectivity index (χ2n) is 5.43. The molecule has 1 unspecified atom stereocenters. The fourth-order valence-electron chi connectivity index (χ4n) is 3.02. The van der Waals surface area contributed by atoms with Crippen LogP contribution in [-0.4, -0.2) is 0 Å². The summed E-state index contributed by atoms with van der Waals surface area (Å²) < 4.78 is 0. The van der Waals surface area contributed by atoms with Crippen molar-refractivity contribution in [1.29, 1.82) is 0 Å². The lowest BCUT2D eigenvalue weighted by atomic mass is 9.77. The van der Waals surface area contributed by atoms with E-state index in [1.54, 1.807) is 11.3 Å². The molecule has 1 heterocycles. The maximum absolute atomic E-state index is 6.37. The molecule has 0 saturated heterocycles. The Bertz CT molecular complexity index is 383. The fraction of sp³-hybridized carbons (Fsp3) is 0.714. The molecular weight excluding hydrogens is 264 g/mol. The van der Waals surface area contributed by atoms with Crippen molar-refractivity contribution in [2.45, 2.75) is 52.0 Å². The zero-order valence-corrected chi connectivity index (χ0v) is 12.8. The van der Waals surface area contributed by atoms with Crippen LogP contribution in [0.15, 0.2) is 5.38 Å². The maximum Gasteiger partial charge on any atom is 0.0596 e. The number of hydrazine groups is 1. The summed E-state index contributed by atoms with van der Waals surface area (Å²) in [6.45, 7) is 4.35. The van der Waals surface area contributed by atoms with E-state index in [0.29, 0.717) is 5.92 Å². The van der Waals surface area contributed by atoms with E-state index in [-0.39, 0.29) is 6.04 Å². The Morgan fingerprint density at radius 1 is 1.44 bits per heavy atom. The van der Waals surface area contributed by atoms with Crippen molar-refractivity contribution in [2.24, 2.45) is 17.7 Å². The number of rotatable bonds is 4. The first-order chi connectivity index (χ1) is 8.67. The first kappa shape index (κ1) is 14.3. The Hall–Kier alpha value is -0.0900. The van der Waals surface area contributed by atoms with Gasteiger partial charge in [0.1, 0.15) is 0 Å². The van der Waals surface area contributed by atoms with Gasteiger partial charge < -0.3 is 0 Å². The van der Waals surface area contributed by atoms with Gasteiger partial charge in [-0.25, -0.2) is 0 Å². The molecular formula is C14H23ClN2S. The third-order valence-electron chi connectivity index (χ3n) is 4.33. The number of nitrogens with two attached hydrogens (primary N) is 1. The van der Waals surface area contributed by atoms with Crippen LogP contribution in [0.25, 0.3) is 0 Å². The molecule has 1 saturated carbocycles.